The van der Waals surface area contributed by atoms with Crippen molar-refractivity contribution in [3.63, 3.8) is 0 Å². The maximum atomic E-state index is 11.8. The second-order valence-electron chi connectivity index (χ2n) is 4.95. The number of ether oxygens (including phenoxy) is 3. The van der Waals surface area contributed by atoms with Gasteiger partial charge in [0.1, 0.15) is 11.9 Å². The van der Waals surface area contributed by atoms with Crippen LogP contribution >= 0.6 is 0 Å². The number of rotatable bonds is 6. The smallest absolute Gasteiger partial charge is 0.334 e. The van der Waals surface area contributed by atoms with E-state index in [1.165, 1.54) is 13.2 Å². The van der Waals surface area contributed by atoms with Gasteiger partial charge in [-0.25, -0.2) is 4.79 Å². The van der Waals surface area contributed by atoms with Crippen molar-refractivity contribution >= 4 is 11.9 Å². The number of unbranched alkanes of at least 4 members (excludes halogenated alkanes) is 3. The molecule has 106 valence electrons. The topological polar surface area (TPSA) is 61.8 Å². The van der Waals surface area contributed by atoms with E-state index in [4.69, 9.17) is 14.2 Å². The minimum absolute atomic E-state index is 0.336. The molecule has 0 N–H and O–H groups in total. The van der Waals surface area contributed by atoms with E-state index < -0.39 is 18.0 Å². The van der Waals surface area contributed by atoms with Gasteiger partial charge in [0.15, 0.2) is 12.0 Å². The molecule has 2 heterocycles. The van der Waals surface area contributed by atoms with Crippen LogP contribution in [-0.2, 0) is 23.8 Å². The van der Waals surface area contributed by atoms with Crippen LogP contribution in [0, 0.1) is 5.92 Å². The normalized spacial score (nSPS) is 29.4. The van der Waals surface area contributed by atoms with E-state index in [2.05, 4.69) is 6.92 Å². The van der Waals surface area contributed by atoms with Crippen LogP contribution in [0.15, 0.2) is 11.8 Å². The fraction of sp³-hybridized carbons (Fsp3) is 0.714. The fourth-order valence-corrected chi connectivity index (χ4v) is 2.62. The maximum Gasteiger partial charge on any atom is 0.334 e. The molecule has 0 bridgehead atoms. The number of hydrogen-bond donors (Lipinski definition) is 0. The van der Waals surface area contributed by atoms with Crippen molar-refractivity contribution < 1.29 is 23.8 Å². The fourth-order valence-electron chi connectivity index (χ4n) is 2.62. The average Bonchev–Trinajstić information content (AvgIpc) is 2.70. The molecule has 3 atom stereocenters. The summed E-state index contributed by atoms with van der Waals surface area (Å²) in [6.45, 7) is 2.14. The zero-order chi connectivity index (χ0) is 13.8. The maximum absolute atomic E-state index is 11.8. The van der Waals surface area contributed by atoms with Gasteiger partial charge in [0.2, 0.25) is 0 Å². The molecule has 2 aliphatic heterocycles. The molecule has 0 aliphatic carbocycles. The van der Waals surface area contributed by atoms with Crippen molar-refractivity contribution in [3.8, 4) is 0 Å². The van der Waals surface area contributed by atoms with Crippen molar-refractivity contribution in [1.29, 1.82) is 0 Å². The van der Waals surface area contributed by atoms with E-state index >= 15 is 0 Å². The molecule has 0 aromatic carbocycles. The van der Waals surface area contributed by atoms with E-state index in [0.717, 1.165) is 32.1 Å². The van der Waals surface area contributed by atoms with Crippen molar-refractivity contribution in [3.05, 3.63) is 11.8 Å². The summed E-state index contributed by atoms with van der Waals surface area (Å²) in [6, 6.07) is 0. The van der Waals surface area contributed by atoms with Crippen LogP contribution in [0.5, 0.6) is 0 Å². The summed E-state index contributed by atoms with van der Waals surface area (Å²) in [6.07, 6.45) is 5.49. The molecule has 1 saturated heterocycles. The lowest BCUT2D eigenvalue weighted by atomic mass is 9.94. The van der Waals surface area contributed by atoms with Crippen molar-refractivity contribution in [1.82, 2.24) is 0 Å². The van der Waals surface area contributed by atoms with Gasteiger partial charge in [-0.3, -0.25) is 4.79 Å². The SMILES string of the molecule is CCCCCCC1OC(=O)C2C(OC)=CC(=O)OC12. The molecule has 0 amide bonds. The van der Waals surface area contributed by atoms with Gasteiger partial charge in [-0.1, -0.05) is 26.2 Å². The second kappa shape index (κ2) is 6.08. The summed E-state index contributed by atoms with van der Waals surface area (Å²) in [4.78, 5) is 23.3. The van der Waals surface area contributed by atoms with Crippen LogP contribution in [0.2, 0.25) is 0 Å². The first-order chi connectivity index (χ1) is 9.17. The number of fused-ring (bicyclic) bond motifs is 1. The molecular weight excluding hydrogens is 248 g/mol. The van der Waals surface area contributed by atoms with Crippen LogP contribution < -0.4 is 0 Å². The van der Waals surface area contributed by atoms with Gasteiger partial charge in [0.05, 0.1) is 13.2 Å². The van der Waals surface area contributed by atoms with Crippen LogP contribution in [0.4, 0.5) is 0 Å². The lowest BCUT2D eigenvalue weighted by Crippen LogP contribution is -2.37. The molecule has 5 nitrogen and oxygen atoms in total. The number of hydrogen-bond acceptors (Lipinski definition) is 5. The molecule has 0 aromatic heterocycles. The predicted molar refractivity (Wildman–Crippen MR) is 67.1 cm³/mol. The highest BCUT2D eigenvalue weighted by molar-refractivity contribution is 5.89. The molecule has 5 heteroatoms. The molecule has 0 saturated carbocycles. The number of methoxy groups -OCH3 is 1. The first kappa shape index (κ1) is 13.9. The van der Waals surface area contributed by atoms with E-state index in [-0.39, 0.29) is 12.1 Å². The minimum Gasteiger partial charge on any atom is -0.500 e. The quantitative estimate of drug-likeness (QED) is 0.544. The average molecular weight is 268 g/mol. The largest absolute Gasteiger partial charge is 0.500 e. The summed E-state index contributed by atoms with van der Waals surface area (Å²) in [5, 5.41) is 0. The van der Waals surface area contributed by atoms with E-state index in [0.29, 0.717) is 5.76 Å². The summed E-state index contributed by atoms with van der Waals surface area (Å²) in [7, 11) is 1.45. The highest BCUT2D eigenvalue weighted by atomic mass is 16.6. The Labute approximate surface area is 112 Å². The number of esters is 2. The summed E-state index contributed by atoms with van der Waals surface area (Å²) >= 11 is 0. The van der Waals surface area contributed by atoms with E-state index in [1.54, 1.807) is 0 Å². The Morgan fingerprint density at radius 1 is 1.21 bits per heavy atom. The van der Waals surface area contributed by atoms with Crippen LogP contribution in [0.3, 0.4) is 0 Å². The van der Waals surface area contributed by atoms with E-state index in [9.17, 15) is 9.59 Å². The van der Waals surface area contributed by atoms with Gasteiger partial charge < -0.3 is 14.2 Å². The molecule has 0 aromatic rings. The van der Waals surface area contributed by atoms with Gasteiger partial charge in [0.25, 0.3) is 0 Å². The standard InChI is InChI=1S/C14H20O5/c1-3-4-5-6-7-9-13-12(14(16)18-9)10(17-2)8-11(15)19-13/h8-9,12-13H,3-7H2,1-2H3. The molecular formula is C14H20O5. The zero-order valence-electron chi connectivity index (χ0n) is 11.4. The van der Waals surface area contributed by atoms with Crippen molar-refractivity contribution in [2.45, 2.75) is 51.2 Å². The Kier molecular flexibility index (Phi) is 4.45. The Morgan fingerprint density at radius 2 is 2.00 bits per heavy atom. The van der Waals surface area contributed by atoms with Crippen LogP contribution in [0.25, 0.3) is 0 Å². The molecule has 2 rings (SSSR count). The Hall–Kier alpha value is -1.52. The molecule has 1 fully saturated rings. The van der Waals surface area contributed by atoms with Gasteiger partial charge in [-0.2, -0.15) is 0 Å². The first-order valence-electron chi connectivity index (χ1n) is 6.84. The monoisotopic (exact) mass is 268 g/mol. The van der Waals surface area contributed by atoms with E-state index in [1.807, 2.05) is 0 Å². The molecule has 0 spiro atoms. The number of cyclic esters (lactones) is 1. The Balaban J connectivity index is 2.00. The molecule has 3 unspecified atom stereocenters. The lowest BCUT2D eigenvalue weighted by Gasteiger charge is -2.25. The third-order valence-corrected chi connectivity index (χ3v) is 3.61. The second-order valence-corrected chi connectivity index (χ2v) is 4.95. The minimum atomic E-state index is -0.584. The van der Waals surface area contributed by atoms with Crippen LogP contribution in [-0.4, -0.2) is 31.3 Å². The van der Waals surface area contributed by atoms with Gasteiger partial charge in [-0.05, 0) is 12.8 Å². The highest BCUT2D eigenvalue weighted by Crippen LogP contribution is 2.36. The van der Waals surface area contributed by atoms with Gasteiger partial charge in [-0.15, -0.1) is 0 Å². The summed E-state index contributed by atoms with van der Waals surface area (Å²) in [5.41, 5.74) is 0. The lowest BCUT2D eigenvalue weighted by molar-refractivity contribution is -0.150. The predicted octanol–water partition coefficient (Wildman–Crippen LogP) is 1.95. The third kappa shape index (κ3) is 2.91. The summed E-state index contributed by atoms with van der Waals surface area (Å²) in [5.74, 6) is -1.05. The van der Waals surface area contributed by atoms with Crippen LogP contribution in [0.1, 0.15) is 39.0 Å². The first-order valence-corrected chi connectivity index (χ1v) is 6.84. The Bertz CT molecular complexity index is 387. The number of carbonyl (C=O) groups is 2. The van der Waals surface area contributed by atoms with Gasteiger partial charge >= 0.3 is 11.9 Å². The third-order valence-electron chi connectivity index (χ3n) is 3.61. The molecule has 0 radical (unpaired) electrons. The highest BCUT2D eigenvalue weighted by Gasteiger charge is 2.51. The van der Waals surface area contributed by atoms with Gasteiger partial charge in [0, 0.05) is 0 Å². The van der Waals surface area contributed by atoms with Crippen molar-refractivity contribution in [2.24, 2.45) is 5.92 Å². The Morgan fingerprint density at radius 3 is 2.68 bits per heavy atom. The summed E-state index contributed by atoms with van der Waals surface area (Å²) < 4.78 is 15.7. The number of carbonyl (C=O) groups excluding carboxylic acids is 2. The zero-order valence-corrected chi connectivity index (χ0v) is 11.4. The molecule has 19 heavy (non-hydrogen) atoms. The molecule has 2 aliphatic rings. The van der Waals surface area contributed by atoms with Crippen molar-refractivity contribution in [2.75, 3.05) is 7.11 Å².